The second kappa shape index (κ2) is 10.5. The smallest absolute Gasteiger partial charge is 0.285 e. The van der Waals surface area contributed by atoms with E-state index in [-0.39, 0.29) is 10.2 Å². The molecule has 166 valence electrons. The second-order valence-corrected chi connectivity index (χ2v) is 9.90. The molecule has 0 unspecified atom stereocenters. The van der Waals surface area contributed by atoms with Crippen molar-refractivity contribution in [2.45, 2.75) is 6.61 Å². The molecular formula is C24H16BrClN2O3S2. The third kappa shape index (κ3) is 5.83. The molecular weight excluding hydrogens is 544 g/mol. The average molecular weight is 560 g/mol. The van der Waals surface area contributed by atoms with Crippen molar-refractivity contribution in [2.75, 3.05) is 0 Å². The van der Waals surface area contributed by atoms with Gasteiger partial charge in [-0.15, -0.1) is 0 Å². The van der Waals surface area contributed by atoms with Gasteiger partial charge in [0.05, 0.1) is 9.38 Å². The molecule has 2 amide bonds. The highest BCUT2D eigenvalue weighted by Gasteiger charge is 2.33. The third-order valence-corrected chi connectivity index (χ3v) is 6.78. The lowest BCUT2D eigenvalue weighted by Gasteiger charge is -2.15. The van der Waals surface area contributed by atoms with Gasteiger partial charge in [-0.1, -0.05) is 59.8 Å². The Kier molecular flexibility index (Phi) is 7.49. The summed E-state index contributed by atoms with van der Waals surface area (Å²) in [6, 6.07) is 21.6. The normalized spacial score (nSPS) is 14.6. The number of nitrogens with zero attached hydrogens (tertiary/aromatic N) is 1. The number of thioether (sulfide) groups is 1. The van der Waals surface area contributed by atoms with E-state index in [2.05, 4.69) is 21.4 Å². The summed E-state index contributed by atoms with van der Waals surface area (Å²) >= 11 is 15.8. The van der Waals surface area contributed by atoms with Crippen LogP contribution in [-0.4, -0.2) is 21.1 Å². The van der Waals surface area contributed by atoms with E-state index in [1.807, 2.05) is 48.5 Å². The van der Waals surface area contributed by atoms with Crippen LogP contribution in [0.3, 0.4) is 0 Å². The Bertz CT molecular complexity index is 1250. The highest BCUT2D eigenvalue weighted by atomic mass is 79.9. The Hall–Kier alpha value is -2.65. The van der Waals surface area contributed by atoms with Crippen LogP contribution >= 0.6 is 51.5 Å². The molecule has 3 aromatic rings. The predicted octanol–water partition coefficient (Wildman–Crippen LogP) is 6.23. The standard InChI is InChI=1S/C24H16BrClN2O3S2/c25-19-12-16(8-11-20(19)31-14-15-6-9-18(26)10-7-15)13-21-23(30)28(24(32)33-21)27-22(29)17-4-2-1-3-5-17/h1-13H,14H2,(H,27,29)/b21-13-. The summed E-state index contributed by atoms with van der Waals surface area (Å²) in [7, 11) is 0. The Labute approximate surface area is 213 Å². The Morgan fingerprint density at radius 1 is 1.12 bits per heavy atom. The molecule has 0 aliphatic carbocycles. The zero-order valence-corrected chi connectivity index (χ0v) is 20.9. The van der Waals surface area contributed by atoms with Crippen LogP contribution < -0.4 is 10.2 Å². The highest BCUT2D eigenvalue weighted by molar-refractivity contribution is 9.10. The topological polar surface area (TPSA) is 58.6 Å². The Morgan fingerprint density at radius 3 is 2.55 bits per heavy atom. The molecule has 1 saturated heterocycles. The lowest BCUT2D eigenvalue weighted by molar-refractivity contribution is -0.123. The summed E-state index contributed by atoms with van der Waals surface area (Å²) in [6.07, 6.45) is 1.72. The van der Waals surface area contributed by atoms with E-state index in [1.54, 1.807) is 30.3 Å². The van der Waals surface area contributed by atoms with Gasteiger partial charge in [-0.25, -0.2) is 0 Å². The molecule has 3 aromatic carbocycles. The number of hydrazine groups is 1. The first-order valence-electron chi connectivity index (χ1n) is 9.71. The van der Waals surface area contributed by atoms with Gasteiger partial charge in [-0.05, 0) is 81.7 Å². The zero-order valence-electron chi connectivity index (χ0n) is 17.0. The minimum absolute atomic E-state index is 0.262. The molecule has 33 heavy (non-hydrogen) atoms. The second-order valence-electron chi connectivity index (χ2n) is 6.93. The molecule has 0 bridgehead atoms. The first kappa shape index (κ1) is 23.5. The van der Waals surface area contributed by atoms with Crippen molar-refractivity contribution in [3.8, 4) is 5.75 Å². The van der Waals surface area contributed by atoms with Gasteiger partial charge >= 0.3 is 0 Å². The summed E-state index contributed by atoms with van der Waals surface area (Å²) in [5.41, 5.74) is 4.79. The van der Waals surface area contributed by atoms with Crippen molar-refractivity contribution in [1.82, 2.24) is 10.4 Å². The van der Waals surface area contributed by atoms with E-state index >= 15 is 0 Å². The van der Waals surface area contributed by atoms with Crippen molar-refractivity contribution < 1.29 is 14.3 Å². The summed E-state index contributed by atoms with van der Waals surface area (Å²) in [5.74, 6) is -0.115. The van der Waals surface area contributed by atoms with Gasteiger partial charge in [0.2, 0.25) is 0 Å². The van der Waals surface area contributed by atoms with Crippen molar-refractivity contribution in [3.63, 3.8) is 0 Å². The largest absolute Gasteiger partial charge is 0.488 e. The Morgan fingerprint density at radius 2 is 1.85 bits per heavy atom. The molecule has 0 spiro atoms. The minimum Gasteiger partial charge on any atom is -0.488 e. The number of carbonyl (C=O) groups excluding carboxylic acids is 2. The highest BCUT2D eigenvalue weighted by Crippen LogP contribution is 2.33. The van der Waals surface area contributed by atoms with E-state index < -0.39 is 5.91 Å². The number of amides is 2. The molecule has 1 fully saturated rings. The minimum atomic E-state index is -0.405. The molecule has 0 saturated carbocycles. The summed E-state index contributed by atoms with van der Waals surface area (Å²) < 4.78 is 6.88. The number of hydrogen-bond donors (Lipinski definition) is 1. The lowest BCUT2D eigenvalue weighted by Crippen LogP contribution is -2.44. The Balaban J connectivity index is 1.43. The molecule has 1 aliphatic heterocycles. The number of rotatable bonds is 6. The fourth-order valence-corrected chi connectivity index (χ4v) is 4.75. The maximum absolute atomic E-state index is 12.8. The molecule has 5 nitrogen and oxygen atoms in total. The summed E-state index contributed by atoms with van der Waals surface area (Å²) in [6.45, 7) is 0.398. The van der Waals surface area contributed by atoms with Crippen LogP contribution in [-0.2, 0) is 11.4 Å². The van der Waals surface area contributed by atoms with E-state index in [4.69, 9.17) is 28.6 Å². The SMILES string of the molecule is O=C(NN1C(=O)/C(=C/c2ccc(OCc3ccc(Cl)cc3)c(Br)c2)SC1=S)c1ccccc1. The molecule has 9 heteroatoms. The maximum atomic E-state index is 12.8. The van der Waals surface area contributed by atoms with Crippen LogP contribution in [0, 0.1) is 0 Å². The van der Waals surface area contributed by atoms with Gasteiger partial charge in [0.1, 0.15) is 12.4 Å². The van der Waals surface area contributed by atoms with Gasteiger partial charge in [0.15, 0.2) is 4.32 Å². The number of hydrogen-bond acceptors (Lipinski definition) is 5. The lowest BCUT2D eigenvalue weighted by atomic mass is 10.2. The molecule has 0 radical (unpaired) electrons. The molecule has 1 aliphatic rings. The number of benzene rings is 3. The molecule has 1 heterocycles. The van der Waals surface area contributed by atoms with Crippen LogP contribution in [0.25, 0.3) is 6.08 Å². The summed E-state index contributed by atoms with van der Waals surface area (Å²) in [4.78, 5) is 25.6. The maximum Gasteiger partial charge on any atom is 0.285 e. The fourth-order valence-electron chi connectivity index (χ4n) is 2.94. The third-order valence-electron chi connectivity index (χ3n) is 4.60. The molecule has 0 atom stereocenters. The van der Waals surface area contributed by atoms with Crippen LogP contribution in [0.2, 0.25) is 5.02 Å². The van der Waals surface area contributed by atoms with Crippen LogP contribution in [0.4, 0.5) is 0 Å². The van der Waals surface area contributed by atoms with E-state index in [0.717, 1.165) is 32.4 Å². The van der Waals surface area contributed by atoms with Crippen molar-refractivity contribution >= 4 is 73.7 Å². The number of nitrogens with one attached hydrogen (secondary N) is 1. The van der Waals surface area contributed by atoms with Crippen molar-refractivity contribution in [1.29, 1.82) is 0 Å². The van der Waals surface area contributed by atoms with Gasteiger partial charge in [0, 0.05) is 10.6 Å². The number of ether oxygens (including phenoxy) is 1. The van der Waals surface area contributed by atoms with Crippen LogP contribution in [0.5, 0.6) is 5.75 Å². The van der Waals surface area contributed by atoms with E-state index in [0.29, 0.717) is 27.8 Å². The zero-order chi connectivity index (χ0) is 23.4. The van der Waals surface area contributed by atoms with Gasteiger partial charge in [-0.2, -0.15) is 5.01 Å². The fraction of sp³-hybridized carbons (Fsp3) is 0.0417. The van der Waals surface area contributed by atoms with E-state index in [9.17, 15) is 9.59 Å². The first-order valence-corrected chi connectivity index (χ1v) is 12.1. The predicted molar refractivity (Wildman–Crippen MR) is 139 cm³/mol. The van der Waals surface area contributed by atoms with E-state index in [1.165, 1.54) is 0 Å². The number of carbonyl (C=O) groups is 2. The van der Waals surface area contributed by atoms with Gasteiger partial charge in [0.25, 0.3) is 11.8 Å². The molecule has 0 aromatic heterocycles. The van der Waals surface area contributed by atoms with Gasteiger partial charge in [-0.3, -0.25) is 15.0 Å². The molecule has 4 rings (SSSR count). The van der Waals surface area contributed by atoms with Crippen molar-refractivity contribution in [2.24, 2.45) is 0 Å². The van der Waals surface area contributed by atoms with Crippen LogP contribution in [0.15, 0.2) is 82.2 Å². The van der Waals surface area contributed by atoms with Gasteiger partial charge < -0.3 is 4.74 Å². The average Bonchev–Trinajstić information content (AvgIpc) is 3.07. The van der Waals surface area contributed by atoms with Crippen molar-refractivity contribution in [3.05, 3.63) is 104 Å². The summed E-state index contributed by atoms with van der Waals surface area (Å²) in [5, 5.41) is 1.77. The number of halogens is 2. The number of thiocarbonyl (C=S) groups is 1. The molecule has 1 N–H and O–H groups in total. The van der Waals surface area contributed by atoms with Crippen LogP contribution in [0.1, 0.15) is 21.5 Å². The quantitative estimate of drug-likeness (QED) is 0.287. The monoisotopic (exact) mass is 558 g/mol. The first-order chi connectivity index (χ1) is 15.9.